The molecule has 0 aliphatic carbocycles. The molecular formula is C19H19NO5. The van der Waals surface area contributed by atoms with Gasteiger partial charge in [-0.25, -0.2) is 9.59 Å². The molecule has 1 heterocycles. The zero-order valence-corrected chi connectivity index (χ0v) is 13.9. The molecule has 0 spiro atoms. The summed E-state index contributed by atoms with van der Waals surface area (Å²) in [5.41, 5.74) is 1.22. The van der Waals surface area contributed by atoms with E-state index in [2.05, 4.69) is 0 Å². The number of hydrogen-bond donors (Lipinski definition) is 0. The Bertz CT molecular complexity index is 746. The van der Waals surface area contributed by atoms with Gasteiger partial charge in [-0.3, -0.25) is 4.90 Å². The maximum absolute atomic E-state index is 12.0. The zero-order valence-electron chi connectivity index (χ0n) is 13.9. The topological polar surface area (TPSA) is 65.1 Å². The fourth-order valence-electron chi connectivity index (χ4n) is 2.54. The van der Waals surface area contributed by atoms with E-state index in [1.165, 1.54) is 0 Å². The standard InChI is InChI=1S/C19H19NO5/c1-2-23-18(21)14-7-6-10-16(11-14)24-13-17-12-20(19(22)25-17)15-8-4-3-5-9-15/h3-11,17H,2,12-13H2,1H3. The second kappa shape index (κ2) is 7.70. The zero-order chi connectivity index (χ0) is 17.6. The van der Waals surface area contributed by atoms with E-state index >= 15 is 0 Å². The largest absolute Gasteiger partial charge is 0.490 e. The Morgan fingerprint density at radius 2 is 2.00 bits per heavy atom. The first-order valence-corrected chi connectivity index (χ1v) is 8.10. The Hall–Kier alpha value is -3.02. The van der Waals surface area contributed by atoms with Crippen molar-refractivity contribution in [3.05, 3.63) is 60.2 Å². The van der Waals surface area contributed by atoms with E-state index in [1.54, 1.807) is 36.1 Å². The number of carbonyl (C=O) groups is 2. The third kappa shape index (κ3) is 4.09. The van der Waals surface area contributed by atoms with Crippen molar-refractivity contribution in [2.45, 2.75) is 13.0 Å². The lowest BCUT2D eigenvalue weighted by atomic mass is 10.2. The van der Waals surface area contributed by atoms with Gasteiger partial charge in [-0.05, 0) is 37.3 Å². The molecular weight excluding hydrogens is 322 g/mol. The van der Waals surface area contributed by atoms with Crippen LogP contribution in [0.3, 0.4) is 0 Å². The molecule has 0 N–H and O–H groups in total. The molecule has 1 fully saturated rings. The van der Waals surface area contributed by atoms with Gasteiger partial charge in [-0.2, -0.15) is 0 Å². The highest BCUT2D eigenvalue weighted by molar-refractivity contribution is 5.90. The van der Waals surface area contributed by atoms with Crippen molar-refractivity contribution in [1.82, 2.24) is 0 Å². The first-order chi connectivity index (χ1) is 12.2. The van der Waals surface area contributed by atoms with Crippen molar-refractivity contribution in [2.24, 2.45) is 0 Å². The number of cyclic esters (lactones) is 1. The molecule has 0 bridgehead atoms. The van der Waals surface area contributed by atoms with Gasteiger partial charge >= 0.3 is 12.1 Å². The molecule has 0 saturated carbocycles. The Morgan fingerprint density at radius 1 is 1.20 bits per heavy atom. The van der Waals surface area contributed by atoms with Crippen molar-refractivity contribution in [1.29, 1.82) is 0 Å². The number of para-hydroxylation sites is 1. The van der Waals surface area contributed by atoms with E-state index in [0.717, 1.165) is 5.69 Å². The highest BCUT2D eigenvalue weighted by Gasteiger charge is 2.32. The third-order valence-electron chi connectivity index (χ3n) is 3.72. The van der Waals surface area contributed by atoms with Crippen LogP contribution in [0.4, 0.5) is 10.5 Å². The Balaban J connectivity index is 1.59. The highest BCUT2D eigenvalue weighted by Crippen LogP contribution is 2.22. The normalized spacial score (nSPS) is 16.4. The van der Waals surface area contributed by atoms with Crippen LogP contribution in [-0.2, 0) is 9.47 Å². The number of benzene rings is 2. The SMILES string of the molecule is CCOC(=O)c1cccc(OCC2CN(c3ccccc3)C(=O)O2)c1. The molecule has 1 aliphatic heterocycles. The lowest BCUT2D eigenvalue weighted by Crippen LogP contribution is -2.26. The number of anilines is 1. The van der Waals surface area contributed by atoms with Crippen LogP contribution in [0.1, 0.15) is 17.3 Å². The van der Waals surface area contributed by atoms with Crippen molar-refractivity contribution in [3.63, 3.8) is 0 Å². The molecule has 0 aromatic heterocycles. The minimum atomic E-state index is -0.393. The molecule has 6 heteroatoms. The van der Waals surface area contributed by atoms with Gasteiger partial charge in [0.05, 0.1) is 18.7 Å². The first kappa shape index (κ1) is 16.8. The van der Waals surface area contributed by atoms with Crippen LogP contribution in [0.15, 0.2) is 54.6 Å². The average molecular weight is 341 g/mol. The van der Waals surface area contributed by atoms with Crippen molar-refractivity contribution in [3.8, 4) is 5.75 Å². The van der Waals surface area contributed by atoms with Crippen LogP contribution in [0.5, 0.6) is 5.75 Å². The number of esters is 1. The van der Waals surface area contributed by atoms with Gasteiger partial charge in [0.2, 0.25) is 0 Å². The number of hydrogen-bond acceptors (Lipinski definition) is 5. The van der Waals surface area contributed by atoms with Gasteiger partial charge in [-0.1, -0.05) is 24.3 Å². The summed E-state index contributed by atoms with van der Waals surface area (Å²) in [6.07, 6.45) is -0.765. The third-order valence-corrected chi connectivity index (χ3v) is 3.72. The first-order valence-electron chi connectivity index (χ1n) is 8.10. The van der Waals surface area contributed by atoms with Crippen LogP contribution in [-0.4, -0.2) is 37.9 Å². The number of amides is 1. The molecule has 0 radical (unpaired) electrons. The summed E-state index contributed by atoms with van der Waals surface area (Å²) in [6.45, 7) is 2.70. The highest BCUT2D eigenvalue weighted by atomic mass is 16.6. The molecule has 1 saturated heterocycles. The van der Waals surface area contributed by atoms with Crippen molar-refractivity contribution < 1.29 is 23.8 Å². The van der Waals surface area contributed by atoms with Gasteiger partial charge < -0.3 is 14.2 Å². The van der Waals surface area contributed by atoms with Crippen LogP contribution < -0.4 is 9.64 Å². The van der Waals surface area contributed by atoms with E-state index in [-0.39, 0.29) is 18.8 Å². The summed E-state index contributed by atoms with van der Waals surface area (Å²) < 4.78 is 16.0. The summed E-state index contributed by atoms with van der Waals surface area (Å²) in [6, 6.07) is 16.1. The van der Waals surface area contributed by atoms with Crippen molar-refractivity contribution >= 4 is 17.7 Å². The van der Waals surface area contributed by atoms with Crippen LogP contribution in [0.25, 0.3) is 0 Å². The van der Waals surface area contributed by atoms with Crippen molar-refractivity contribution in [2.75, 3.05) is 24.7 Å². The van der Waals surface area contributed by atoms with Gasteiger partial charge in [0.15, 0.2) is 6.10 Å². The Labute approximate surface area is 145 Å². The van der Waals surface area contributed by atoms with E-state index < -0.39 is 5.97 Å². The van der Waals surface area contributed by atoms with E-state index in [0.29, 0.717) is 24.5 Å². The Kier molecular flexibility index (Phi) is 5.18. The molecule has 2 aromatic rings. The molecule has 6 nitrogen and oxygen atoms in total. The summed E-state index contributed by atoms with van der Waals surface area (Å²) in [5.74, 6) is 0.135. The second-order valence-electron chi connectivity index (χ2n) is 5.51. The summed E-state index contributed by atoms with van der Waals surface area (Å²) in [4.78, 5) is 25.3. The molecule has 1 atom stereocenters. The van der Waals surface area contributed by atoms with E-state index in [1.807, 2.05) is 30.3 Å². The van der Waals surface area contributed by atoms with Gasteiger partial charge in [0.25, 0.3) is 0 Å². The van der Waals surface area contributed by atoms with Gasteiger partial charge in [-0.15, -0.1) is 0 Å². The minimum Gasteiger partial charge on any atom is -0.490 e. The summed E-state index contributed by atoms with van der Waals surface area (Å²) in [7, 11) is 0. The van der Waals surface area contributed by atoms with Crippen LogP contribution >= 0.6 is 0 Å². The lowest BCUT2D eigenvalue weighted by molar-refractivity contribution is 0.0525. The van der Waals surface area contributed by atoms with E-state index in [9.17, 15) is 9.59 Å². The molecule has 1 unspecified atom stereocenters. The monoisotopic (exact) mass is 341 g/mol. The predicted molar refractivity (Wildman–Crippen MR) is 92.0 cm³/mol. The Morgan fingerprint density at radius 3 is 2.76 bits per heavy atom. The van der Waals surface area contributed by atoms with Crippen LogP contribution in [0, 0.1) is 0 Å². The predicted octanol–water partition coefficient (Wildman–Crippen LogP) is 3.27. The van der Waals surface area contributed by atoms with Gasteiger partial charge in [0.1, 0.15) is 12.4 Å². The molecule has 2 aromatic carbocycles. The van der Waals surface area contributed by atoms with E-state index in [4.69, 9.17) is 14.2 Å². The summed E-state index contributed by atoms with van der Waals surface area (Å²) in [5, 5.41) is 0. The number of rotatable bonds is 6. The minimum absolute atomic E-state index is 0.210. The van der Waals surface area contributed by atoms with Crippen LogP contribution in [0.2, 0.25) is 0 Å². The summed E-state index contributed by atoms with van der Waals surface area (Å²) >= 11 is 0. The fraction of sp³-hybridized carbons (Fsp3) is 0.263. The lowest BCUT2D eigenvalue weighted by Gasteiger charge is -2.13. The fourth-order valence-corrected chi connectivity index (χ4v) is 2.54. The molecule has 3 rings (SSSR count). The second-order valence-corrected chi connectivity index (χ2v) is 5.51. The molecule has 1 amide bonds. The number of nitrogens with zero attached hydrogens (tertiary/aromatic N) is 1. The average Bonchev–Trinajstić information content (AvgIpc) is 3.02. The maximum Gasteiger partial charge on any atom is 0.414 e. The number of ether oxygens (including phenoxy) is 3. The smallest absolute Gasteiger partial charge is 0.414 e. The maximum atomic E-state index is 12.0. The molecule has 25 heavy (non-hydrogen) atoms. The molecule has 130 valence electrons. The molecule has 1 aliphatic rings. The quantitative estimate of drug-likeness (QED) is 0.755. The number of carbonyl (C=O) groups excluding carboxylic acids is 2. The van der Waals surface area contributed by atoms with Gasteiger partial charge in [0, 0.05) is 5.69 Å².